The van der Waals surface area contributed by atoms with Gasteiger partial charge in [-0.1, -0.05) is 33.6 Å². The van der Waals surface area contributed by atoms with Crippen molar-refractivity contribution >= 4 is 11.9 Å². The van der Waals surface area contributed by atoms with E-state index in [1.807, 2.05) is 13.8 Å². The van der Waals surface area contributed by atoms with Crippen molar-refractivity contribution in [2.24, 2.45) is 5.92 Å². The number of carboxylic acid groups (broad SMARTS) is 2. The van der Waals surface area contributed by atoms with Crippen LogP contribution in [0.1, 0.15) is 59.3 Å². The van der Waals surface area contributed by atoms with E-state index in [-0.39, 0.29) is 5.92 Å². The summed E-state index contributed by atoms with van der Waals surface area (Å²) >= 11 is 0. The number of carbonyl (C=O) groups is 2. The van der Waals surface area contributed by atoms with E-state index in [0.717, 1.165) is 32.1 Å². The molecule has 0 saturated heterocycles. The van der Waals surface area contributed by atoms with Gasteiger partial charge in [-0.05, 0) is 19.3 Å². The fraction of sp³-hybridized carbons (Fsp3) is 0.833. The summed E-state index contributed by atoms with van der Waals surface area (Å²) < 4.78 is 0. The third-order valence-electron chi connectivity index (χ3n) is 2.21. The van der Waals surface area contributed by atoms with Crippen molar-refractivity contribution in [1.29, 1.82) is 0 Å². The first kappa shape index (κ1) is 17.3. The molecule has 0 radical (unpaired) electrons. The van der Waals surface area contributed by atoms with Crippen molar-refractivity contribution in [3.8, 4) is 0 Å². The second-order valence-corrected chi connectivity index (χ2v) is 3.73. The fourth-order valence-electron chi connectivity index (χ4n) is 1.17. The Hall–Kier alpha value is -1.06. The molecule has 0 aliphatic carbocycles. The molecule has 0 heterocycles. The van der Waals surface area contributed by atoms with Crippen LogP contribution < -0.4 is 0 Å². The quantitative estimate of drug-likeness (QED) is 0.707. The van der Waals surface area contributed by atoms with E-state index in [2.05, 4.69) is 6.92 Å². The van der Waals surface area contributed by atoms with E-state index in [4.69, 9.17) is 10.2 Å². The second-order valence-electron chi connectivity index (χ2n) is 3.73. The van der Waals surface area contributed by atoms with E-state index >= 15 is 0 Å². The third-order valence-corrected chi connectivity index (χ3v) is 2.21. The molecule has 0 bridgehead atoms. The van der Waals surface area contributed by atoms with Crippen molar-refractivity contribution in [1.82, 2.24) is 0 Å². The van der Waals surface area contributed by atoms with Crippen LogP contribution >= 0.6 is 0 Å². The van der Waals surface area contributed by atoms with Crippen LogP contribution in [0, 0.1) is 5.92 Å². The molecule has 96 valence electrons. The van der Waals surface area contributed by atoms with E-state index < -0.39 is 11.9 Å². The monoisotopic (exact) mass is 232 g/mol. The normalized spacial score (nSPS) is 11.2. The van der Waals surface area contributed by atoms with Gasteiger partial charge in [-0.3, -0.25) is 9.59 Å². The zero-order valence-corrected chi connectivity index (χ0v) is 10.5. The van der Waals surface area contributed by atoms with Crippen molar-refractivity contribution in [3.63, 3.8) is 0 Å². The summed E-state index contributed by atoms with van der Waals surface area (Å²) in [6, 6.07) is 0. The highest BCUT2D eigenvalue weighted by molar-refractivity contribution is 5.69. The highest BCUT2D eigenvalue weighted by Gasteiger charge is 2.12. The summed E-state index contributed by atoms with van der Waals surface area (Å²) in [5.74, 6) is -1.46. The Bertz CT molecular complexity index is 189. The molecule has 0 saturated carbocycles. The lowest BCUT2D eigenvalue weighted by molar-refractivity contribution is -0.142. The van der Waals surface area contributed by atoms with Crippen LogP contribution in [-0.4, -0.2) is 22.2 Å². The maximum Gasteiger partial charge on any atom is 0.306 e. The summed E-state index contributed by atoms with van der Waals surface area (Å²) in [5, 5.41) is 16.5. The number of rotatable bonds is 7. The van der Waals surface area contributed by atoms with E-state index in [1.165, 1.54) is 0 Å². The van der Waals surface area contributed by atoms with Crippen LogP contribution in [0.15, 0.2) is 0 Å². The van der Waals surface area contributed by atoms with Gasteiger partial charge < -0.3 is 10.2 Å². The maximum absolute atomic E-state index is 10.4. The van der Waals surface area contributed by atoms with Gasteiger partial charge in [-0.2, -0.15) is 0 Å². The van der Waals surface area contributed by atoms with Gasteiger partial charge in [-0.15, -0.1) is 0 Å². The molecule has 0 fully saturated rings. The standard InChI is InChI=1S/C8H16O2.C4H8O2/c1-3-5-6-7(4-2)8(9)10;1-2-3-4(5)6/h7H,3-6H2,1-2H3,(H,9,10);2-3H2,1H3,(H,5,6). The zero-order valence-electron chi connectivity index (χ0n) is 10.5. The Labute approximate surface area is 97.7 Å². The summed E-state index contributed by atoms with van der Waals surface area (Å²) in [4.78, 5) is 20.0. The molecule has 0 aliphatic rings. The second kappa shape index (κ2) is 12.0. The fourth-order valence-corrected chi connectivity index (χ4v) is 1.17. The molecule has 1 unspecified atom stereocenters. The van der Waals surface area contributed by atoms with Gasteiger partial charge in [0.15, 0.2) is 0 Å². The number of hydrogen-bond acceptors (Lipinski definition) is 2. The highest BCUT2D eigenvalue weighted by atomic mass is 16.4. The molecule has 0 aliphatic heterocycles. The Morgan fingerprint density at radius 3 is 1.81 bits per heavy atom. The molecule has 0 amide bonds. The first-order valence-electron chi connectivity index (χ1n) is 5.94. The number of hydrogen-bond donors (Lipinski definition) is 2. The van der Waals surface area contributed by atoms with Crippen molar-refractivity contribution < 1.29 is 19.8 Å². The van der Waals surface area contributed by atoms with Gasteiger partial charge in [-0.25, -0.2) is 0 Å². The van der Waals surface area contributed by atoms with Crippen LogP contribution in [-0.2, 0) is 9.59 Å². The Morgan fingerprint density at radius 1 is 1.06 bits per heavy atom. The summed E-state index contributed by atoms with van der Waals surface area (Å²) in [6.45, 7) is 5.84. The molecule has 0 aromatic carbocycles. The van der Waals surface area contributed by atoms with Gasteiger partial charge in [0.25, 0.3) is 0 Å². The van der Waals surface area contributed by atoms with Crippen LogP contribution in [0.4, 0.5) is 0 Å². The highest BCUT2D eigenvalue weighted by Crippen LogP contribution is 2.11. The molecule has 1 atom stereocenters. The largest absolute Gasteiger partial charge is 0.481 e. The van der Waals surface area contributed by atoms with Gasteiger partial charge >= 0.3 is 11.9 Å². The summed E-state index contributed by atoms with van der Waals surface area (Å²) in [7, 11) is 0. The van der Waals surface area contributed by atoms with Gasteiger partial charge in [0.2, 0.25) is 0 Å². The summed E-state index contributed by atoms with van der Waals surface area (Å²) in [6.07, 6.45) is 4.74. The SMILES string of the molecule is CCCC(=O)O.CCCCC(CC)C(=O)O. The molecule has 0 spiro atoms. The molecule has 4 nitrogen and oxygen atoms in total. The molecule has 0 rings (SSSR count). The molecule has 4 heteroatoms. The van der Waals surface area contributed by atoms with E-state index in [9.17, 15) is 9.59 Å². The minimum Gasteiger partial charge on any atom is -0.481 e. The average Bonchev–Trinajstić information content (AvgIpc) is 2.19. The van der Waals surface area contributed by atoms with Crippen LogP contribution in [0.25, 0.3) is 0 Å². The summed E-state index contributed by atoms with van der Waals surface area (Å²) in [5.41, 5.74) is 0. The van der Waals surface area contributed by atoms with Crippen molar-refractivity contribution in [3.05, 3.63) is 0 Å². The minimum atomic E-state index is -0.711. The first-order valence-corrected chi connectivity index (χ1v) is 5.94. The average molecular weight is 232 g/mol. The van der Waals surface area contributed by atoms with Crippen LogP contribution in [0.5, 0.6) is 0 Å². The van der Waals surface area contributed by atoms with Gasteiger partial charge in [0.05, 0.1) is 5.92 Å². The molecule has 16 heavy (non-hydrogen) atoms. The minimum absolute atomic E-state index is 0.111. The van der Waals surface area contributed by atoms with E-state index in [1.54, 1.807) is 0 Å². The number of carboxylic acids is 2. The van der Waals surface area contributed by atoms with Gasteiger partial charge in [0, 0.05) is 6.42 Å². The third kappa shape index (κ3) is 12.9. The number of unbranched alkanes of at least 4 members (excludes halogenated alkanes) is 1. The Kier molecular flexibility index (Phi) is 13.0. The van der Waals surface area contributed by atoms with Crippen LogP contribution in [0.3, 0.4) is 0 Å². The molecule has 2 N–H and O–H groups in total. The molecular weight excluding hydrogens is 208 g/mol. The molecule has 0 aromatic rings. The maximum atomic E-state index is 10.4. The predicted octanol–water partition coefficient (Wildman–Crippen LogP) is 3.16. The smallest absolute Gasteiger partial charge is 0.306 e. The van der Waals surface area contributed by atoms with Crippen molar-refractivity contribution in [2.75, 3.05) is 0 Å². The predicted molar refractivity (Wildman–Crippen MR) is 63.5 cm³/mol. The Balaban J connectivity index is 0. The molecular formula is C12H24O4. The zero-order chi connectivity index (χ0) is 13.0. The molecule has 0 aromatic heterocycles. The first-order chi connectivity index (χ1) is 7.49. The van der Waals surface area contributed by atoms with Crippen LogP contribution in [0.2, 0.25) is 0 Å². The topological polar surface area (TPSA) is 74.6 Å². The van der Waals surface area contributed by atoms with E-state index in [0.29, 0.717) is 6.42 Å². The lowest BCUT2D eigenvalue weighted by Crippen LogP contribution is -2.11. The van der Waals surface area contributed by atoms with Crippen molar-refractivity contribution in [2.45, 2.75) is 59.3 Å². The Morgan fingerprint density at radius 2 is 1.62 bits per heavy atom. The number of aliphatic carboxylic acids is 2. The lowest BCUT2D eigenvalue weighted by Gasteiger charge is -2.06. The lowest BCUT2D eigenvalue weighted by atomic mass is 10.00. The van der Waals surface area contributed by atoms with Gasteiger partial charge in [0.1, 0.15) is 0 Å².